The molecule has 2 heterocycles. The van der Waals surface area contributed by atoms with Crippen LogP contribution in [0.25, 0.3) is 6.08 Å². The molecule has 1 N–H and O–H groups in total. The summed E-state index contributed by atoms with van der Waals surface area (Å²) in [5.41, 5.74) is 1.91. The second kappa shape index (κ2) is 7.30. The van der Waals surface area contributed by atoms with Gasteiger partial charge in [0.15, 0.2) is 3.77 Å². The summed E-state index contributed by atoms with van der Waals surface area (Å²) in [5, 5.41) is 2.27. The maximum Gasteiger partial charge on any atom is 0.335 e. The zero-order valence-corrected chi connectivity index (χ0v) is 19.6. The van der Waals surface area contributed by atoms with E-state index in [1.807, 2.05) is 34.7 Å². The zero-order chi connectivity index (χ0) is 22.0. The Morgan fingerprint density at radius 1 is 0.938 bits per heavy atom. The number of amides is 4. The largest absolute Gasteiger partial charge is 0.451 e. The first kappa shape index (κ1) is 20.2. The molecule has 7 heteroatoms. The molecule has 5 fully saturated rings. The molecule has 1 aliphatic heterocycles. The minimum atomic E-state index is -0.728. The number of furan rings is 1. The van der Waals surface area contributed by atoms with Crippen LogP contribution in [0.1, 0.15) is 49.8 Å². The first-order valence-electron chi connectivity index (χ1n) is 11.2. The van der Waals surface area contributed by atoms with Gasteiger partial charge in [0, 0.05) is 0 Å². The summed E-state index contributed by atoms with van der Waals surface area (Å²) in [5.74, 6) is 1.57. The van der Waals surface area contributed by atoms with Crippen molar-refractivity contribution in [3.63, 3.8) is 0 Å². The van der Waals surface area contributed by atoms with E-state index in [4.69, 9.17) is 4.42 Å². The number of hydrogen-bond acceptors (Lipinski definition) is 4. The Labute approximate surface area is 199 Å². The van der Waals surface area contributed by atoms with E-state index in [1.54, 1.807) is 12.1 Å². The lowest BCUT2D eigenvalue weighted by Crippen LogP contribution is -2.54. The molecule has 32 heavy (non-hydrogen) atoms. The fourth-order valence-electron chi connectivity index (χ4n) is 6.87. The number of carbonyl (C=O) groups is 3. The molecule has 0 unspecified atom stereocenters. The lowest BCUT2D eigenvalue weighted by molar-refractivity contribution is -0.122. The van der Waals surface area contributed by atoms with Gasteiger partial charge in [-0.2, -0.15) is 0 Å². The van der Waals surface area contributed by atoms with Gasteiger partial charge in [-0.05, 0) is 120 Å². The van der Waals surface area contributed by atoms with Gasteiger partial charge < -0.3 is 4.42 Å². The van der Waals surface area contributed by atoms with Crippen LogP contribution in [0.15, 0.2) is 46.4 Å². The number of urea groups is 1. The number of imide groups is 2. The highest BCUT2D eigenvalue weighted by Gasteiger charge is 2.51. The standard InChI is InChI=1S/C25H23IN2O4/c26-21-6-5-19(32-21)10-20-22(29)27-24(31)28(23(20)30)18-3-1-17(2-4-18)25-11-14-7-15(12-25)9-16(8-14)13-25/h1-6,10,14-16H,7-9,11-13H2,(H,27,29,31)/b20-10-. The van der Waals surface area contributed by atoms with E-state index in [9.17, 15) is 14.4 Å². The second-order valence-electron chi connectivity index (χ2n) is 9.84. The quantitative estimate of drug-likeness (QED) is 0.336. The first-order valence-corrected chi connectivity index (χ1v) is 12.3. The van der Waals surface area contributed by atoms with E-state index in [-0.39, 0.29) is 11.0 Å². The van der Waals surface area contributed by atoms with Crippen molar-refractivity contribution in [1.29, 1.82) is 0 Å². The number of rotatable bonds is 3. The monoisotopic (exact) mass is 542 g/mol. The van der Waals surface area contributed by atoms with Crippen molar-refractivity contribution in [3.8, 4) is 0 Å². The number of carbonyl (C=O) groups excluding carboxylic acids is 3. The number of nitrogens with one attached hydrogen (secondary N) is 1. The van der Waals surface area contributed by atoms with E-state index < -0.39 is 17.8 Å². The number of halogens is 1. The van der Waals surface area contributed by atoms with Crippen LogP contribution in [0.5, 0.6) is 0 Å². The Morgan fingerprint density at radius 2 is 1.56 bits per heavy atom. The first-order chi connectivity index (χ1) is 15.4. The molecular formula is C25H23IN2O4. The summed E-state index contributed by atoms with van der Waals surface area (Å²) in [6.07, 6.45) is 9.30. The highest BCUT2D eigenvalue weighted by atomic mass is 127. The van der Waals surface area contributed by atoms with Gasteiger partial charge in [0.2, 0.25) is 0 Å². The van der Waals surface area contributed by atoms with Gasteiger partial charge in [0.05, 0.1) is 5.69 Å². The predicted octanol–water partition coefficient (Wildman–Crippen LogP) is 5.02. The molecule has 4 aliphatic carbocycles. The average molecular weight is 542 g/mol. The van der Waals surface area contributed by atoms with Crippen LogP contribution in [-0.4, -0.2) is 17.8 Å². The maximum absolute atomic E-state index is 13.1. The fraction of sp³-hybridized carbons (Fsp3) is 0.400. The van der Waals surface area contributed by atoms with Gasteiger partial charge in [-0.15, -0.1) is 0 Å². The molecule has 7 rings (SSSR count). The lowest BCUT2D eigenvalue weighted by Gasteiger charge is -2.57. The number of nitrogens with zero attached hydrogens (tertiary/aromatic N) is 1. The Kier molecular flexibility index (Phi) is 4.61. The maximum atomic E-state index is 13.1. The molecule has 4 saturated carbocycles. The van der Waals surface area contributed by atoms with Crippen molar-refractivity contribution in [1.82, 2.24) is 5.32 Å². The van der Waals surface area contributed by atoms with Gasteiger partial charge in [-0.3, -0.25) is 14.9 Å². The van der Waals surface area contributed by atoms with Crippen molar-refractivity contribution in [3.05, 3.63) is 57.1 Å². The number of barbiturate groups is 1. The predicted molar refractivity (Wildman–Crippen MR) is 127 cm³/mol. The van der Waals surface area contributed by atoms with Crippen LogP contribution in [0.4, 0.5) is 10.5 Å². The second-order valence-corrected chi connectivity index (χ2v) is 10.9. The Balaban J connectivity index is 1.30. The fourth-order valence-corrected chi connectivity index (χ4v) is 7.30. The molecule has 4 amide bonds. The molecule has 1 saturated heterocycles. The molecule has 164 valence electrons. The van der Waals surface area contributed by atoms with Crippen LogP contribution < -0.4 is 10.2 Å². The van der Waals surface area contributed by atoms with Crippen LogP contribution in [0.3, 0.4) is 0 Å². The molecule has 6 nitrogen and oxygen atoms in total. The van der Waals surface area contributed by atoms with E-state index in [0.717, 1.165) is 22.7 Å². The lowest BCUT2D eigenvalue weighted by atomic mass is 9.48. The summed E-state index contributed by atoms with van der Waals surface area (Å²) >= 11 is 2.01. The summed E-state index contributed by atoms with van der Waals surface area (Å²) in [4.78, 5) is 39.0. The van der Waals surface area contributed by atoms with Crippen LogP contribution >= 0.6 is 22.6 Å². The van der Waals surface area contributed by atoms with Crippen LogP contribution in [-0.2, 0) is 15.0 Å². The van der Waals surface area contributed by atoms with Crippen molar-refractivity contribution in [2.45, 2.75) is 43.9 Å². The van der Waals surface area contributed by atoms with Crippen molar-refractivity contribution < 1.29 is 18.8 Å². The SMILES string of the molecule is O=C1NC(=O)N(c2ccc(C34CC5CC(CC(C5)C3)C4)cc2)C(=O)/C1=C\c1ccc(I)o1. The Morgan fingerprint density at radius 3 is 2.12 bits per heavy atom. The van der Waals surface area contributed by atoms with Crippen LogP contribution in [0, 0.1) is 21.5 Å². The normalized spacial score (nSPS) is 32.7. The average Bonchev–Trinajstić information content (AvgIpc) is 3.15. The van der Waals surface area contributed by atoms with Gasteiger partial charge in [0.1, 0.15) is 11.3 Å². The number of hydrogen-bond donors (Lipinski definition) is 1. The third-order valence-corrected chi connectivity index (χ3v) is 8.34. The van der Waals surface area contributed by atoms with Gasteiger partial charge in [-0.25, -0.2) is 9.69 Å². The number of benzene rings is 1. The third kappa shape index (κ3) is 3.24. The zero-order valence-electron chi connectivity index (χ0n) is 17.5. The van der Waals surface area contributed by atoms with Gasteiger partial charge in [0.25, 0.3) is 11.8 Å². The topological polar surface area (TPSA) is 79.6 Å². The summed E-state index contributed by atoms with van der Waals surface area (Å²) < 4.78 is 6.10. The van der Waals surface area contributed by atoms with E-state index >= 15 is 0 Å². The summed E-state index contributed by atoms with van der Waals surface area (Å²) in [7, 11) is 0. The molecule has 1 aromatic carbocycles. The van der Waals surface area contributed by atoms with Gasteiger partial charge in [-0.1, -0.05) is 12.1 Å². The number of anilines is 1. The summed E-state index contributed by atoms with van der Waals surface area (Å²) in [6.45, 7) is 0. The van der Waals surface area contributed by atoms with Crippen LogP contribution in [0.2, 0.25) is 0 Å². The Hall–Kier alpha value is -2.42. The molecule has 5 aliphatic rings. The van der Waals surface area contributed by atoms with E-state index in [0.29, 0.717) is 15.2 Å². The third-order valence-electron chi connectivity index (χ3n) is 7.76. The molecule has 0 radical (unpaired) electrons. The molecule has 0 spiro atoms. The minimum Gasteiger partial charge on any atom is -0.451 e. The smallest absolute Gasteiger partial charge is 0.335 e. The minimum absolute atomic E-state index is 0.125. The van der Waals surface area contributed by atoms with Gasteiger partial charge >= 0.3 is 6.03 Å². The molecule has 4 bridgehead atoms. The van der Waals surface area contributed by atoms with E-state index in [1.165, 1.54) is 50.2 Å². The molecule has 2 aromatic rings. The molecule has 1 aromatic heterocycles. The van der Waals surface area contributed by atoms with Crippen molar-refractivity contribution >= 4 is 52.2 Å². The molecule has 0 atom stereocenters. The van der Waals surface area contributed by atoms with Crippen molar-refractivity contribution in [2.75, 3.05) is 4.90 Å². The highest BCUT2D eigenvalue weighted by Crippen LogP contribution is 2.60. The highest BCUT2D eigenvalue weighted by molar-refractivity contribution is 14.1. The summed E-state index contributed by atoms with van der Waals surface area (Å²) in [6, 6.07) is 10.5. The van der Waals surface area contributed by atoms with E-state index in [2.05, 4.69) is 17.4 Å². The molecular weight excluding hydrogens is 519 g/mol. The van der Waals surface area contributed by atoms with Crippen molar-refractivity contribution in [2.24, 2.45) is 17.8 Å². The Bertz CT molecular complexity index is 1130.